The van der Waals surface area contributed by atoms with Crippen molar-refractivity contribution in [3.8, 4) is 0 Å². The molecule has 2 heterocycles. The van der Waals surface area contributed by atoms with Gasteiger partial charge < -0.3 is 19.3 Å². The van der Waals surface area contributed by atoms with Gasteiger partial charge in [-0.05, 0) is 39.3 Å². The second-order valence-corrected chi connectivity index (χ2v) is 7.62. The Bertz CT molecular complexity index is 705. The lowest BCUT2D eigenvalue weighted by Gasteiger charge is -2.29. The maximum absolute atomic E-state index is 12.4. The molecule has 0 radical (unpaired) electrons. The zero-order valence-corrected chi connectivity index (χ0v) is 15.7. The number of esters is 2. The molecule has 2 fully saturated rings. The Morgan fingerprint density at radius 3 is 2.85 bits per heavy atom. The summed E-state index contributed by atoms with van der Waals surface area (Å²) in [4.78, 5) is 24.5. The minimum atomic E-state index is -0.667. The Hall–Kier alpha value is -1.92. The molecule has 6 nitrogen and oxygen atoms in total. The molecule has 0 aromatic heterocycles. The van der Waals surface area contributed by atoms with E-state index in [1.54, 1.807) is 32.9 Å². The zero-order chi connectivity index (χ0) is 19.2. The molecule has 1 aliphatic carbocycles. The molecule has 142 valence electrons. The second kappa shape index (κ2) is 6.67. The van der Waals surface area contributed by atoms with Crippen LogP contribution in [-0.4, -0.2) is 47.1 Å². The van der Waals surface area contributed by atoms with E-state index in [4.69, 9.17) is 14.2 Å². The molecule has 3 rings (SSSR count). The van der Waals surface area contributed by atoms with Crippen molar-refractivity contribution >= 4 is 11.9 Å². The minimum absolute atomic E-state index is 0.118. The van der Waals surface area contributed by atoms with Crippen molar-refractivity contribution in [1.82, 2.24) is 0 Å². The molecule has 0 unspecified atom stereocenters. The van der Waals surface area contributed by atoms with Crippen molar-refractivity contribution in [3.05, 3.63) is 35.5 Å². The molecule has 0 bridgehead atoms. The highest BCUT2D eigenvalue weighted by atomic mass is 16.6. The lowest BCUT2D eigenvalue weighted by atomic mass is 9.82. The van der Waals surface area contributed by atoms with Gasteiger partial charge in [-0.15, -0.1) is 0 Å². The van der Waals surface area contributed by atoms with Gasteiger partial charge in [0.2, 0.25) is 0 Å². The largest absolute Gasteiger partial charge is 0.458 e. The lowest BCUT2D eigenvalue weighted by Crippen LogP contribution is -2.37. The van der Waals surface area contributed by atoms with Gasteiger partial charge >= 0.3 is 11.9 Å². The van der Waals surface area contributed by atoms with Crippen molar-refractivity contribution < 1.29 is 28.9 Å². The van der Waals surface area contributed by atoms with Crippen LogP contribution in [0.2, 0.25) is 0 Å². The standard InChI is InChI=1S/C20H26O6/c1-6-10(2)18(22)25-15-9-20(5)16(26-20)8-13(21)11(3)7-14-17(15)12(4)19(23)24-14/h6-7,13-17,21H,4,8-9H2,1-3,5H3/b10-6-,11-7-/t13-,14-,15-,16+,17+,20-/m1/s1. The van der Waals surface area contributed by atoms with E-state index in [0.29, 0.717) is 24.0 Å². The van der Waals surface area contributed by atoms with Gasteiger partial charge in [-0.1, -0.05) is 12.7 Å². The van der Waals surface area contributed by atoms with Gasteiger partial charge in [0.15, 0.2) is 0 Å². The van der Waals surface area contributed by atoms with Gasteiger partial charge in [-0.25, -0.2) is 9.59 Å². The minimum Gasteiger partial charge on any atom is -0.458 e. The molecule has 2 saturated heterocycles. The van der Waals surface area contributed by atoms with E-state index >= 15 is 0 Å². The predicted molar refractivity (Wildman–Crippen MR) is 94.1 cm³/mol. The number of aliphatic hydroxyl groups is 1. The van der Waals surface area contributed by atoms with Gasteiger partial charge in [-0.2, -0.15) is 0 Å². The summed E-state index contributed by atoms with van der Waals surface area (Å²) in [5.74, 6) is -1.43. The first-order valence-electron chi connectivity index (χ1n) is 8.94. The molecular formula is C20H26O6. The Morgan fingerprint density at radius 2 is 2.19 bits per heavy atom. The van der Waals surface area contributed by atoms with E-state index in [2.05, 4.69) is 6.58 Å². The van der Waals surface area contributed by atoms with Crippen molar-refractivity contribution in [1.29, 1.82) is 0 Å². The molecule has 3 aliphatic rings. The summed E-state index contributed by atoms with van der Waals surface area (Å²) < 4.78 is 17.0. The maximum Gasteiger partial charge on any atom is 0.334 e. The van der Waals surface area contributed by atoms with E-state index in [0.717, 1.165) is 0 Å². The first-order valence-corrected chi connectivity index (χ1v) is 8.94. The second-order valence-electron chi connectivity index (χ2n) is 7.62. The van der Waals surface area contributed by atoms with Crippen LogP contribution in [-0.2, 0) is 23.8 Å². The van der Waals surface area contributed by atoms with Gasteiger partial charge in [-0.3, -0.25) is 0 Å². The van der Waals surface area contributed by atoms with Gasteiger partial charge in [0, 0.05) is 24.0 Å². The molecule has 2 aliphatic heterocycles. The average Bonchev–Trinajstić information content (AvgIpc) is 3.11. The first kappa shape index (κ1) is 18.9. The zero-order valence-electron chi connectivity index (χ0n) is 15.7. The van der Waals surface area contributed by atoms with Crippen LogP contribution in [0.3, 0.4) is 0 Å². The Labute approximate surface area is 153 Å². The van der Waals surface area contributed by atoms with Crippen molar-refractivity contribution in [2.24, 2.45) is 5.92 Å². The van der Waals surface area contributed by atoms with Crippen molar-refractivity contribution in [3.63, 3.8) is 0 Å². The fourth-order valence-electron chi connectivity index (χ4n) is 3.70. The summed E-state index contributed by atoms with van der Waals surface area (Å²) in [5, 5.41) is 10.4. The summed E-state index contributed by atoms with van der Waals surface area (Å²) >= 11 is 0. The Balaban J connectivity index is 1.98. The third-order valence-electron chi connectivity index (χ3n) is 5.71. The number of aliphatic hydroxyl groups excluding tert-OH is 1. The molecular weight excluding hydrogens is 336 g/mol. The SMILES string of the molecule is C=C1C(=O)O[C@@H]2/C=C(/C)[C@H](O)C[C@@H]3O[C@]3(C)C[C@@H](OC(=O)/C(C)=C\C)[C@@H]12. The van der Waals surface area contributed by atoms with Crippen molar-refractivity contribution in [2.45, 2.75) is 70.6 Å². The van der Waals surface area contributed by atoms with Crippen LogP contribution in [0.25, 0.3) is 0 Å². The first-order chi connectivity index (χ1) is 12.2. The highest BCUT2D eigenvalue weighted by Crippen LogP contribution is 2.47. The van der Waals surface area contributed by atoms with Crippen LogP contribution in [0.5, 0.6) is 0 Å². The molecule has 0 spiro atoms. The molecule has 1 N–H and O–H groups in total. The van der Waals surface area contributed by atoms with E-state index in [1.165, 1.54) is 0 Å². The van der Waals surface area contributed by atoms with Crippen LogP contribution < -0.4 is 0 Å². The molecule has 0 aromatic rings. The quantitative estimate of drug-likeness (QED) is 0.351. The summed E-state index contributed by atoms with van der Waals surface area (Å²) in [7, 11) is 0. The van der Waals surface area contributed by atoms with E-state index in [9.17, 15) is 14.7 Å². The predicted octanol–water partition coefficient (Wildman–Crippen LogP) is 2.22. The highest BCUT2D eigenvalue weighted by Gasteiger charge is 2.57. The number of epoxide rings is 1. The average molecular weight is 362 g/mol. The number of hydrogen-bond acceptors (Lipinski definition) is 6. The fraction of sp³-hybridized carbons (Fsp3) is 0.600. The van der Waals surface area contributed by atoms with E-state index < -0.39 is 41.8 Å². The summed E-state index contributed by atoms with van der Waals surface area (Å²) in [5.41, 5.74) is 0.974. The third-order valence-corrected chi connectivity index (χ3v) is 5.71. The van der Waals surface area contributed by atoms with Crippen LogP contribution in [0, 0.1) is 5.92 Å². The van der Waals surface area contributed by atoms with E-state index in [-0.39, 0.29) is 11.7 Å². The fourth-order valence-corrected chi connectivity index (χ4v) is 3.70. The molecule has 0 saturated carbocycles. The van der Waals surface area contributed by atoms with Crippen LogP contribution in [0.15, 0.2) is 35.5 Å². The van der Waals surface area contributed by atoms with Gasteiger partial charge in [0.25, 0.3) is 0 Å². The summed E-state index contributed by atoms with van der Waals surface area (Å²) in [6.45, 7) is 11.0. The Kier molecular flexibility index (Phi) is 4.84. The number of carbonyl (C=O) groups is 2. The summed E-state index contributed by atoms with van der Waals surface area (Å²) in [6.07, 6.45) is 2.29. The third kappa shape index (κ3) is 3.35. The van der Waals surface area contributed by atoms with Gasteiger partial charge in [0.05, 0.1) is 23.7 Å². The monoisotopic (exact) mass is 362 g/mol. The maximum atomic E-state index is 12.4. The number of rotatable bonds is 2. The highest BCUT2D eigenvalue weighted by molar-refractivity contribution is 5.92. The number of ether oxygens (including phenoxy) is 3. The topological polar surface area (TPSA) is 85.4 Å². The van der Waals surface area contributed by atoms with Crippen LogP contribution >= 0.6 is 0 Å². The molecule has 0 amide bonds. The molecule has 0 aromatic carbocycles. The van der Waals surface area contributed by atoms with Crippen LogP contribution in [0.4, 0.5) is 0 Å². The normalized spacial score (nSPS) is 42.1. The number of allylic oxidation sites excluding steroid dienone is 1. The summed E-state index contributed by atoms with van der Waals surface area (Å²) in [6, 6.07) is 0. The van der Waals surface area contributed by atoms with E-state index in [1.807, 2.05) is 6.92 Å². The number of hydrogen-bond donors (Lipinski definition) is 1. The number of carbonyl (C=O) groups excluding carboxylic acids is 2. The number of fused-ring (bicyclic) bond motifs is 2. The lowest BCUT2D eigenvalue weighted by molar-refractivity contribution is -0.148. The van der Waals surface area contributed by atoms with Gasteiger partial charge in [0.1, 0.15) is 12.2 Å². The van der Waals surface area contributed by atoms with Crippen LogP contribution in [0.1, 0.15) is 40.5 Å². The smallest absolute Gasteiger partial charge is 0.334 e. The van der Waals surface area contributed by atoms with Crippen molar-refractivity contribution in [2.75, 3.05) is 0 Å². The Morgan fingerprint density at radius 1 is 1.50 bits per heavy atom. The molecule has 6 atom stereocenters. The molecule has 6 heteroatoms. The molecule has 26 heavy (non-hydrogen) atoms.